The maximum Gasteiger partial charge on any atom is 0.328 e. The van der Waals surface area contributed by atoms with Gasteiger partial charge in [-0.3, -0.25) is 14.4 Å². The standard InChI is InChI=1S/C33H44N2O9/c1-32-14-12-21(36)18-20(32)5-6-22-23-7-9-28(33(23,2)15-13-24(22)32)44-30(39)11-10-29(38)34-25(31(40)43-3)16-19-4-8-27(37)26(17-19)35(41)42/h4,8,17-18,22-25,28,35,37,41H,5-7,9-16H2,1-3H3,(H,34,38)/t22-,23-,24+,25-,28-,32-,33-/m0/s1. The number of allylic oxidation sites excluding steroid dienone is 1. The number of ether oxygens (including phenoxy) is 2. The van der Waals surface area contributed by atoms with Gasteiger partial charge in [0.25, 0.3) is 0 Å². The van der Waals surface area contributed by atoms with Gasteiger partial charge < -0.3 is 25.1 Å². The molecule has 4 aliphatic rings. The van der Waals surface area contributed by atoms with Crippen LogP contribution in [-0.2, 0) is 35.1 Å². The number of hydrogen-bond donors (Lipinski definition) is 4. The third kappa shape index (κ3) is 6.14. The molecule has 11 heteroatoms. The molecule has 5 rings (SSSR count). The zero-order valence-electron chi connectivity index (χ0n) is 25.7. The van der Waals surface area contributed by atoms with Gasteiger partial charge in [-0.05, 0) is 85.8 Å². The highest BCUT2D eigenvalue weighted by Crippen LogP contribution is 2.65. The van der Waals surface area contributed by atoms with Gasteiger partial charge in [-0.1, -0.05) is 25.5 Å². The zero-order chi connectivity index (χ0) is 31.8. The molecule has 3 fully saturated rings. The molecule has 1 aromatic rings. The molecule has 0 spiro atoms. The molecule has 1 amide bonds. The Morgan fingerprint density at radius 2 is 1.86 bits per heavy atom. The van der Waals surface area contributed by atoms with Crippen LogP contribution in [0.1, 0.15) is 83.6 Å². The molecule has 44 heavy (non-hydrogen) atoms. The molecule has 240 valence electrons. The monoisotopic (exact) mass is 612 g/mol. The highest BCUT2D eigenvalue weighted by molar-refractivity contribution is 5.91. The van der Waals surface area contributed by atoms with Gasteiger partial charge in [0.1, 0.15) is 12.1 Å². The number of quaternary nitrogens is 1. The van der Waals surface area contributed by atoms with Crippen molar-refractivity contribution in [2.24, 2.45) is 28.6 Å². The third-order valence-electron chi connectivity index (χ3n) is 11.3. The maximum atomic E-state index is 13.0. The molecule has 0 saturated heterocycles. The quantitative estimate of drug-likeness (QED) is 0.186. The van der Waals surface area contributed by atoms with E-state index in [0.717, 1.165) is 44.9 Å². The lowest BCUT2D eigenvalue weighted by Crippen LogP contribution is -2.99. The molecule has 1 unspecified atom stereocenters. The Morgan fingerprint density at radius 1 is 1.09 bits per heavy atom. The van der Waals surface area contributed by atoms with Crippen LogP contribution in [0.5, 0.6) is 5.75 Å². The van der Waals surface area contributed by atoms with Crippen molar-refractivity contribution in [1.82, 2.24) is 5.32 Å². The molecule has 0 radical (unpaired) electrons. The van der Waals surface area contributed by atoms with Gasteiger partial charge in [0.15, 0.2) is 11.5 Å². The highest BCUT2D eigenvalue weighted by atomic mass is 16.8. The van der Waals surface area contributed by atoms with Gasteiger partial charge in [-0.15, -0.1) is 0 Å². The summed E-state index contributed by atoms with van der Waals surface area (Å²) in [6, 6.07) is 2.81. The lowest BCUT2D eigenvalue weighted by Gasteiger charge is -2.57. The van der Waals surface area contributed by atoms with Crippen molar-refractivity contribution in [3.05, 3.63) is 40.6 Å². The van der Waals surface area contributed by atoms with E-state index in [-0.39, 0.29) is 47.7 Å². The number of amides is 1. The molecule has 0 aromatic heterocycles. The SMILES string of the molecule is COC(=O)[C@H](Cc1ccc(O)c([NH+]([O-])O)c1)NC(=O)CCC(=O)O[C@H]1CC[C@H]2[C@@H]3CCC4=CC(=O)CC[C@]4(C)[C@@H]3CC[C@]12C. The van der Waals surface area contributed by atoms with Crippen LogP contribution in [0.2, 0.25) is 0 Å². The fourth-order valence-corrected chi connectivity index (χ4v) is 8.86. The van der Waals surface area contributed by atoms with Crippen LogP contribution in [0.15, 0.2) is 29.8 Å². The Hall–Kier alpha value is -3.28. The highest BCUT2D eigenvalue weighted by Gasteiger charge is 2.60. The summed E-state index contributed by atoms with van der Waals surface area (Å²) in [7, 11) is 1.18. The van der Waals surface area contributed by atoms with Crippen molar-refractivity contribution in [2.45, 2.75) is 96.6 Å². The molecule has 4 N–H and O–H groups in total. The average molecular weight is 613 g/mol. The number of benzene rings is 1. The van der Waals surface area contributed by atoms with E-state index < -0.39 is 34.9 Å². The van der Waals surface area contributed by atoms with Gasteiger partial charge in [-0.25, -0.2) is 10.0 Å². The molecule has 0 heterocycles. The van der Waals surface area contributed by atoms with Crippen molar-refractivity contribution in [2.75, 3.05) is 7.11 Å². The summed E-state index contributed by atoms with van der Waals surface area (Å²) >= 11 is 0. The third-order valence-corrected chi connectivity index (χ3v) is 11.3. The largest absolute Gasteiger partial charge is 0.595 e. The first kappa shape index (κ1) is 32.1. The Morgan fingerprint density at radius 3 is 2.59 bits per heavy atom. The molecule has 3 saturated carbocycles. The first-order valence-corrected chi connectivity index (χ1v) is 15.7. The number of methoxy groups -OCH3 is 1. The Labute approximate surface area is 257 Å². The molecule has 8 atom stereocenters. The average Bonchev–Trinajstić information content (AvgIpc) is 3.32. The van der Waals surface area contributed by atoms with E-state index in [1.54, 1.807) is 0 Å². The van der Waals surface area contributed by atoms with Gasteiger partial charge in [-0.2, -0.15) is 5.23 Å². The number of fused-ring (bicyclic) bond motifs is 5. The zero-order valence-corrected chi connectivity index (χ0v) is 25.7. The minimum atomic E-state index is -1.32. The molecule has 4 aliphatic carbocycles. The molecular formula is C33H44N2O9. The number of phenolic OH excluding ortho intramolecular Hbond substituents is 1. The van der Waals surface area contributed by atoms with Crippen LogP contribution in [0.25, 0.3) is 0 Å². The van der Waals surface area contributed by atoms with Gasteiger partial charge in [0.2, 0.25) is 11.6 Å². The number of carbonyl (C=O) groups is 4. The van der Waals surface area contributed by atoms with E-state index in [1.165, 1.54) is 30.9 Å². The smallest absolute Gasteiger partial charge is 0.328 e. The van der Waals surface area contributed by atoms with E-state index in [1.807, 2.05) is 6.08 Å². The van der Waals surface area contributed by atoms with E-state index in [2.05, 4.69) is 19.2 Å². The molecule has 11 nitrogen and oxygen atoms in total. The molecule has 1 aromatic carbocycles. The Kier molecular flexibility index (Phi) is 9.21. The minimum Gasteiger partial charge on any atom is -0.595 e. The number of aromatic hydroxyl groups is 1. The second kappa shape index (κ2) is 12.6. The summed E-state index contributed by atoms with van der Waals surface area (Å²) in [4.78, 5) is 50.2. The summed E-state index contributed by atoms with van der Waals surface area (Å²) in [5.41, 5.74) is 1.39. The first-order valence-electron chi connectivity index (χ1n) is 15.7. The van der Waals surface area contributed by atoms with Crippen molar-refractivity contribution in [1.29, 1.82) is 0 Å². The van der Waals surface area contributed by atoms with E-state index >= 15 is 0 Å². The Bertz CT molecular complexity index is 1340. The second-order valence-electron chi connectivity index (χ2n) is 13.6. The van der Waals surface area contributed by atoms with Crippen molar-refractivity contribution < 1.29 is 44.2 Å². The lowest BCUT2D eigenvalue weighted by atomic mass is 9.47. The first-order chi connectivity index (χ1) is 20.9. The number of phenols is 1. The van der Waals surface area contributed by atoms with Crippen LogP contribution in [0.3, 0.4) is 0 Å². The predicted octanol–water partition coefficient (Wildman–Crippen LogP) is 3.22. The second-order valence-corrected chi connectivity index (χ2v) is 13.6. The van der Waals surface area contributed by atoms with E-state index in [0.29, 0.717) is 29.7 Å². The van der Waals surface area contributed by atoms with Crippen LogP contribution in [0.4, 0.5) is 5.69 Å². The van der Waals surface area contributed by atoms with Crippen LogP contribution < -0.4 is 10.5 Å². The van der Waals surface area contributed by atoms with E-state index in [9.17, 15) is 34.7 Å². The van der Waals surface area contributed by atoms with E-state index in [4.69, 9.17) is 9.47 Å². The van der Waals surface area contributed by atoms with Gasteiger partial charge in [0.05, 0.1) is 13.5 Å². The van der Waals surface area contributed by atoms with Crippen molar-refractivity contribution >= 4 is 29.3 Å². The Balaban J connectivity index is 1.15. The maximum absolute atomic E-state index is 13.0. The summed E-state index contributed by atoms with van der Waals surface area (Å²) in [6.07, 6.45) is 8.77. The summed E-state index contributed by atoms with van der Waals surface area (Å²) in [6.45, 7) is 4.61. The summed E-state index contributed by atoms with van der Waals surface area (Å²) in [5.74, 6) is -0.288. The van der Waals surface area contributed by atoms with Gasteiger partial charge >= 0.3 is 11.9 Å². The topological polar surface area (TPSA) is 167 Å². The van der Waals surface area contributed by atoms with Crippen LogP contribution in [-0.4, -0.2) is 53.2 Å². The number of carbonyl (C=O) groups excluding carboxylic acids is 4. The normalized spacial score (nSPS) is 32.3. The molecule has 0 bridgehead atoms. The number of hydrogen-bond acceptors (Lipinski definition) is 9. The predicted molar refractivity (Wildman–Crippen MR) is 157 cm³/mol. The fraction of sp³-hybridized carbons (Fsp3) is 0.636. The number of ketones is 1. The number of esters is 2. The van der Waals surface area contributed by atoms with Crippen LogP contribution in [0, 0.1) is 33.8 Å². The molecule has 0 aliphatic heterocycles. The number of rotatable bonds is 9. The summed E-state index contributed by atoms with van der Waals surface area (Å²) < 4.78 is 10.8. The summed E-state index contributed by atoms with van der Waals surface area (Å²) in [5, 5.41) is 31.6. The number of nitrogens with one attached hydrogen (secondary N) is 2. The van der Waals surface area contributed by atoms with Crippen LogP contribution >= 0.6 is 0 Å². The minimum absolute atomic E-state index is 0.0555. The van der Waals surface area contributed by atoms with Gasteiger partial charge in [0, 0.05) is 30.7 Å². The fourth-order valence-electron chi connectivity index (χ4n) is 8.86. The van der Waals surface area contributed by atoms with Crippen molar-refractivity contribution in [3.8, 4) is 5.75 Å². The molecular weight excluding hydrogens is 568 g/mol. The lowest BCUT2D eigenvalue weighted by molar-refractivity contribution is -0.991. The van der Waals surface area contributed by atoms with Crippen molar-refractivity contribution in [3.63, 3.8) is 0 Å².